The second-order valence-electron chi connectivity index (χ2n) is 22.3. The van der Waals surface area contributed by atoms with Crippen LogP contribution in [0.2, 0.25) is 0 Å². The first-order chi connectivity index (χ1) is 40.5. The number of rotatable bonds is 61. The molecule has 0 aromatic carbocycles. The van der Waals surface area contributed by atoms with Crippen molar-refractivity contribution in [2.24, 2.45) is 0 Å². The molecule has 0 saturated heterocycles. The van der Waals surface area contributed by atoms with Gasteiger partial charge >= 0.3 is 17.9 Å². The molecule has 0 radical (unpaired) electrons. The van der Waals surface area contributed by atoms with E-state index in [0.29, 0.717) is 19.3 Å². The van der Waals surface area contributed by atoms with E-state index in [4.69, 9.17) is 14.2 Å². The number of allylic oxidation sites excluding steroid dienone is 22. The van der Waals surface area contributed by atoms with E-state index in [0.717, 1.165) is 135 Å². The van der Waals surface area contributed by atoms with Crippen molar-refractivity contribution in [2.75, 3.05) is 13.2 Å². The van der Waals surface area contributed by atoms with E-state index in [1.54, 1.807) is 0 Å². The molecule has 0 bridgehead atoms. The fraction of sp³-hybridized carbons (Fsp3) is 0.671. The van der Waals surface area contributed by atoms with Crippen LogP contribution in [0, 0.1) is 0 Å². The van der Waals surface area contributed by atoms with E-state index in [1.165, 1.54) is 135 Å². The molecule has 0 spiro atoms. The largest absolute Gasteiger partial charge is 0.462 e. The van der Waals surface area contributed by atoms with Crippen LogP contribution < -0.4 is 0 Å². The molecule has 82 heavy (non-hydrogen) atoms. The van der Waals surface area contributed by atoms with Crippen LogP contribution in [-0.2, 0) is 28.6 Å². The van der Waals surface area contributed by atoms with Crippen LogP contribution in [0.3, 0.4) is 0 Å². The van der Waals surface area contributed by atoms with Crippen molar-refractivity contribution in [3.05, 3.63) is 134 Å². The molecule has 1 unspecified atom stereocenters. The average molecular weight is 1140 g/mol. The van der Waals surface area contributed by atoms with Crippen molar-refractivity contribution in [1.82, 2.24) is 0 Å². The highest BCUT2D eigenvalue weighted by atomic mass is 16.6. The van der Waals surface area contributed by atoms with Crippen LogP contribution in [0.4, 0.5) is 0 Å². The van der Waals surface area contributed by atoms with Gasteiger partial charge in [0.1, 0.15) is 13.2 Å². The van der Waals surface area contributed by atoms with Crippen molar-refractivity contribution >= 4 is 17.9 Å². The highest BCUT2D eigenvalue weighted by Gasteiger charge is 2.19. The highest BCUT2D eigenvalue weighted by Crippen LogP contribution is 2.15. The van der Waals surface area contributed by atoms with Crippen molar-refractivity contribution in [2.45, 2.75) is 316 Å². The summed E-state index contributed by atoms with van der Waals surface area (Å²) in [5.41, 5.74) is 0. The zero-order chi connectivity index (χ0) is 59.2. The third-order valence-electron chi connectivity index (χ3n) is 14.4. The first kappa shape index (κ1) is 77.5. The molecule has 1 atom stereocenters. The molecule has 6 heteroatoms. The highest BCUT2D eigenvalue weighted by molar-refractivity contribution is 5.71. The van der Waals surface area contributed by atoms with Gasteiger partial charge in [0, 0.05) is 19.3 Å². The van der Waals surface area contributed by atoms with Crippen molar-refractivity contribution in [3.8, 4) is 0 Å². The Bertz CT molecular complexity index is 1730. The molecule has 0 saturated carbocycles. The van der Waals surface area contributed by atoms with Crippen LogP contribution in [0.25, 0.3) is 0 Å². The summed E-state index contributed by atoms with van der Waals surface area (Å²) in [5.74, 6) is -0.911. The summed E-state index contributed by atoms with van der Waals surface area (Å²) < 4.78 is 17.0. The normalized spacial score (nSPS) is 13.0. The van der Waals surface area contributed by atoms with Gasteiger partial charge in [-0.2, -0.15) is 0 Å². The van der Waals surface area contributed by atoms with E-state index >= 15 is 0 Å². The lowest BCUT2D eigenvalue weighted by Crippen LogP contribution is -2.30. The van der Waals surface area contributed by atoms with E-state index in [-0.39, 0.29) is 31.1 Å². The van der Waals surface area contributed by atoms with Gasteiger partial charge in [-0.05, 0) is 141 Å². The van der Waals surface area contributed by atoms with Gasteiger partial charge in [0.05, 0.1) is 0 Å². The lowest BCUT2D eigenvalue weighted by molar-refractivity contribution is -0.167. The van der Waals surface area contributed by atoms with Gasteiger partial charge < -0.3 is 14.2 Å². The fourth-order valence-corrected chi connectivity index (χ4v) is 9.25. The number of unbranched alkanes of at least 4 members (excludes halogenated alkanes) is 28. The number of esters is 3. The smallest absolute Gasteiger partial charge is 0.306 e. The molecular weight excluding hydrogens is 1010 g/mol. The second-order valence-corrected chi connectivity index (χ2v) is 22.3. The molecule has 0 heterocycles. The molecule has 0 aromatic heterocycles. The number of ether oxygens (including phenoxy) is 3. The SMILES string of the molecule is CC/C=C\C/C=C\C/C=C\C/C=C\C/C=C\C/C=C\C/C=C\CCCCCCCCCC(=O)OCC(COC(=O)CCCCCCCCC/C=C\C/C=C\CCCCC)OC(=O)CCCCCCCCC/C=C\C/C=C\CCCCCC. The van der Waals surface area contributed by atoms with Gasteiger partial charge in [0.25, 0.3) is 0 Å². The Morgan fingerprint density at radius 2 is 0.476 bits per heavy atom. The minimum atomic E-state index is -0.797. The second kappa shape index (κ2) is 69.0. The van der Waals surface area contributed by atoms with E-state index < -0.39 is 6.10 Å². The van der Waals surface area contributed by atoms with E-state index in [1.807, 2.05) is 0 Å². The zero-order valence-corrected chi connectivity index (χ0v) is 53.5. The Morgan fingerprint density at radius 3 is 0.768 bits per heavy atom. The van der Waals surface area contributed by atoms with Crippen molar-refractivity contribution < 1.29 is 28.6 Å². The van der Waals surface area contributed by atoms with Crippen molar-refractivity contribution in [1.29, 1.82) is 0 Å². The monoisotopic (exact) mass is 1130 g/mol. The van der Waals surface area contributed by atoms with Crippen LogP contribution >= 0.6 is 0 Å². The predicted molar refractivity (Wildman–Crippen MR) is 357 cm³/mol. The molecule has 0 aliphatic carbocycles. The van der Waals surface area contributed by atoms with Gasteiger partial charge in [-0.3, -0.25) is 14.4 Å². The van der Waals surface area contributed by atoms with Gasteiger partial charge in [0.15, 0.2) is 6.10 Å². The lowest BCUT2D eigenvalue weighted by Gasteiger charge is -2.18. The molecule has 466 valence electrons. The van der Waals surface area contributed by atoms with Gasteiger partial charge in [-0.15, -0.1) is 0 Å². The summed E-state index contributed by atoms with van der Waals surface area (Å²) in [6.07, 6.45) is 97.4. The zero-order valence-electron chi connectivity index (χ0n) is 53.5. The summed E-state index contributed by atoms with van der Waals surface area (Å²) in [4.78, 5) is 38.4. The van der Waals surface area contributed by atoms with Crippen molar-refractivity contribution in [3.63, 3.8) is 0 Å². The predicted octanol–water partition coefficient (Wildman–Crippen LogP) is 23.7. The molecule has 0 aliphatic rings. The molecule has 0 N–H and O–H groups in total. The Balaban J connectivity index is 4.40. The third kappa shape index (κ3) is 66.4. The molecule has 0 aliphatic heterocycles. The molecule has 0 fully saturated rings. The minimum absolute atomic E-state index is 0.0914. The summed E-state index contributed by atoms with van der Waals surface area (Å²) in [6.45, 7) is 6.48. The first-order valence-corrected chi connectivity index (χ1v) is 34.2. The number of hydrogen-bond donors (Lipinski definition) is 0. The van der Waals surface area contributed by atoms with Crippen LogP contribution in [0.15, 0.2) is 134 Å². The van der Waals surface area contributed by atoms with E-state index in [9.17, 15) is 14.4 Å². The Kier molecular flexibility index (Phi) is 65.3. The summed E-state index contributed by atoms with van der Waals surface area (Å²) in [5, 5.41) is 0. The van der Waals surface area contributed by atoms with Gasteiger partial charge in [-0.1, -0.05) is 283 Å². The van der Waals surface area contributed by atoms with Crippen LogP contribution in [-0.4, -0.2) is 37.2 Å². The van der Waals surface area contributed by atoms with Crippen LogP contribution in [0.1, 0.15) is 310 Å². The Labute approximate surface area is 506 Å². The van der Waals surface area contributed by atoms with E-state index in [2.05, 4.69) is 154 Å². The maximum absolute atomic E-state index is 12.9. The lowest BCUT2D eigenvalue weighted by atomic mass is 10.1. The van der Waals surface area contributed by atoms with Gasteiger partial charge in [-0.25, -0.2) is 0 Å². The maximum atomic E-state index is 12.9. The Hall–Kier alpha value is -4.45. The number of hydrogen-bond acceptors (Lipinski definition) is 6. The number of carbonyl (C=O) groups excluding carboxylic acids is 3. The quantitative estimate of drug-likeness (QED) is 0.0261. The fourth-order valence-electron chi connectivity index (χ4n) is 9.25. The molecular formula is C76H126O6. The molecule has 0 amide bonds. The topological polar surface area (TPSA) is 78.9 Å². The summed E-state index contributed by atoms with van der Waals surface area (Å²) >= 11 is 0. The van der Waals surface area contributed by atoms with Crippen LogP contribution in [0.5, 0.6) is 0 Å². The summed E-state index contributed by atoms with van der Waals surface area (Å²) in [6, 6.07) is 0. The van der Waals surface area contributed by atoms with Gasteiger partial charge in [0.2, 0.25) is 0 Å². The minimum Gasteiger partial charge on any atom is -0.462 e. The third-order valence-corrected chi connectivity index (χ3v) is 14.4. The number of carbonyl (C=O) groups is 3. The average Bonchev–Trinajstić information content (AvgIpc) is 3.47. The maximum Gasteiger partial charge on any atom is 0.306 e. The standard InChI is InChI=1S/C76H126O6/c1-4-7-10-13-16-19-22-25-28-31-33-34-35-36-37-38-39-40-41-42-43-46-48-51-54-57-60-63-66-69-75(78)81-72-73(71-80-74(77)68-65-62-59-56-53-50-47-44-30-27-24-21-18-15-12-9-6-3)82-76(79)70-67-64-61-58-55-52-49-45-32-29-26-23-20-17-14-11-8-5-2/h7,10,16,18-21,23,25,27-30,32-34,36-37,39-40,42-43,73H,4-6,8-9,11-15,17,22,24,26,31,35,38,41,44-72H2,1-3H3/b10-7-,19-16-,21-18-,23-20-,28-25-,30-27-,32-29-,34-33-,37-36-,40-39-,43-42-. The molecule has 0 aromatic rings. The summed E-state index contributed by atoms with van der Waals surface area (Å²) in [7, 11) is 0. The Morgan fingerprint density at radius 1 is 0.256 bits per heavy atom. The molecule has 6 nitrogen and oxygen atoms in total. The first-order valence-electron chi connectivity index (χ1n) is 34.2. The molecule has 0 rings (SSSR count).